The Morgan fingerprint density at radius 3 is 2.88 bits per heavy atom. The molecule has 2 atom stereocenters. The van der Waals surface area contributed by atoms with E-state index in [4.69, 9.17) is 15.2 Å². The van der Waals surface area contributed by atoms with Crippen LogP contribution in [0.5, 0.6) is 11.5 Å². The number of esters is 1. The summed E-state index contributed by atoms with van der Waals surface area (Å²) >= 11 is 0. The fourth-order valence-corrected chi connectivity index (χ4v) is 1.57. The normalized spacial score (nSPS) is 16.4. The first-order valence-electron chi connectivity index (χ1n) is 5.04. The highest BCUT2D eigenvalue weighted by molar-refractivity contribution is 5.76. The topological polar surface area (TPSA) is 91.0 Å². The molecule has 0 unspecified atom stereocenters. The minimum absolute atomic E-state index is 0.151. The van der Waals surface area contributed by atoms with E-state index in [1.165, 1.54) is 7.11 Å². The molecule has 0 saturated heterocycles. The Bertz CT molecular complexity index is 434. The summed E-state index contributed by atoms with van der Waals surface area (Å²) in [5.74, 6) is 0.460. The first kappa shape index (κ1) is 11.7. The third kappa shape index (κ3) is 2.17. The van der Waals surface area contributed by atoms with Crippen LogP contribution in [0, 0.1) is 0 Å². The Labute approximate surface area is 97.9 Å². The number of carbonyl (C=O) groups is 1. The number of aliphatic hydroxyl groups excluding tert-OH is 1. The second-order valence-electron chi connectivity index (χ2n) is 3.61. The second-order valence-corrected chi connectivity index (χ2v) is 3.61. The van der Waals surface area contributed by atoms with E-state index in [1.807, 2.05) is 0 Å². The van der Waals surface area contributed by atoms with Crippen LogP contribution < -0.4 is 15.2 Å². The number of nitrogens with two attached hydrogens (primary N) is 1. The summed E-state index contributed by atoms with van der Waals surface area (Å²) in [5, 5.41) is 9.90. The molecule has 0 saturated carbocycles. The zero-order valence-corrected chi connectivity index (χ0v) is 9.25. The van der Waals surface area contributed by atoms with Gasteiger partial charge in [-0.1, -0.05) is 6.07 Å². The van der Waals surface area contributed by atoms with Crippen LogP contribution in [0.25, 0.3) is 0 Å². The molecule has 0 spiro atoms. The lowest BCUT2D eigenvalue weighted by Gasteiger charge is -2.17. The Morgan fingerprint density at radius 1 is 1.47 bits per heavy atom. The molecule has 1 heterocycles. The summed E-state index contributed by atoms with van der Waals surface area (Å²) in [6.45, 7) is 0.151. The molecule has 92 valence electrons. The van der Waals surface area contributed by atoms with Crippen LogP contribution in [-0.2, 0) is 9.53 Å². The first-order chi connectivity index (χ1) is 8.13. The molecule has 0 radical (unpaired) electrons. The maximum atomic E-state index is 11.2. The predicted molar refractivity (Wildman–Crippen MR) is 57.5 cm³/mol. The summed E-state index contributed by atoms with van der Waals surface area (Å²) in [6, 6.07) is 3.75. The van der Waals surface area contributed by atoms with Crippen molar-refractivity contribution in [3.05, 3.63) is 23.8 Å². The highest BCUT2D eigenvalue weighted by Crippen LogP contribution is 2.34. The van der Waals surface area contributed by atoms with E-state index < -0.39 is 18.1 Å². The van der Waals surface area contributed by atoms with E-state index in [9.17, 15) is 9.90 Å². The third-order valence-electron chi connectivity index (χ3n) is 2.55. The molecule has 0 bridgehead atoms. The number of benzene rings is 1. The minimum Gasteiger partial charge on any atom is -0.468 e. The van der Waals surface area contributed by atoms with Crippen LogP contribution in [0.4, 0.5) is 0 Å². The third-order valence-corrected chi connectivity index (χ3v) is 2.55. The van der Waals surface area contributed by atoms with Crippen molar-refractivity contribution in [2.24, 2.45) is 5.73 Å². The van der Waals surface area contributed by atoms with Crippen molar-refractivity contribution in [1.82, 2.24) is 0 Å². The lowest BCUT2D eigenvalue weighted by Crippen LogP contribution is -2.37. The molecular weight excluding hydrogens is 226 g/mol. The van der Waals surface area contributed by atoms with E-state index in [0.717, 1.165) is 0 Å². The van der Waals surface area contributed by atoms with Gasteiger partial charge in [0, 0.05) is 0 Å². The van der Waals surface area contributed by atoms with Gasteiger partial charge in [0.2, 0.25) is 6.79 Å². The summed E-state index contributed by atoms with van der Waals surface area (Å²) in [4.78, 5) is 11.2. The summed E-state index contributed by atoms with van der Waals surface area (Å²) in [6.07, 6.45) is -1.14. The molecular formula is C11H13NO5. The molecule has 17 heavy (non-hydrogen) atoms. The molecule has 2 rings (SSSR count). The zero-order chi connectivity index (χ0) is 12.4. The largest absolute Gasteiger partial charge is 0.468 e. The van der Waals surface area contributed by atoms with Crippen molar-refractivity contribution < 1.29 is 24.1 Å². The van der Waals surface area contributed by atoms with Crippen molar-refractivity contribution in [1.29, 1.82) is 0 Å². The number of aliphatic hydroxyl groups is 1. The van der Waals surface area contributed by atoms with Gasteiger partial charge < -0.3 is 25.1 Å². The number of hydrogen-bond donors (Lipinski definition) is 2. The van der Waals surface area contributed by atoms with Crippen LogP contribution in [-0.4, -0.2) is 31.0 Å². The molecule has 0 amide bonds. The lowest BCUT2D eigenvalue weighted by atomic mass is 10.0. The average Bonchev–Trinajstić information content (AvgIpc) is 2.83. The van der Waals surface area contributed by atoms with Gasteiger partial charge >= 0.3 is 5.97 Å². The van der Waals surface area contributed by atoms with Gasteiger partial charge in [-0.15, -0.1) is 0 Å². The minimum atomic E-state index is -1.14. The summed E-state index contributed by atoms with van der Waals surface area (Å²) < 4.78 is 14.8. The Kier molecular flexibility index (Phi) is 3.16. The highest BCUT2D eigenvalue weighted by Gasteiger charge is 2.26. The van der Waals surface area contributed by atoms with Gasteiger partial charge in [0.1, 0.15) is 12.1 Å². The SMILES string of the molecule is COC(=O)[C@H](N)[C@H](O)c1ccc2c(c1)OCO2. The first-order valence-corrected chi connectivity index (χ1v) is 5.04. The lowest BCUT2D eigenvalue weighted by molar-refractivity contribution is -0.145. The smallest absolute Gasteiger partial charge is 0.325 e. The maximum Gasteiger partial charge on any atom is 0.325 e. The molecule has 1 aliphatic rings. The van der Waals surface area contributed by atoms with Gasteiger partial charge in [-0.2, -0.15) is 0 Å². The average molecular weight is 239 g/mol. The molecule has 3 N–H and O–H groups in total. The predicted octanol–water partition coefficient (Wildman–Crippen LogP) is -0.0510. The van der Waals surface area contributed by atoms with Crippen LogP contribution >= 0.6 is 0 Å². The zero-order valence-electron chi connectivity index (χ0n) is 9.25. The van der Waals surface area contributed by atoms with Crippen molar-refractivity contribution >= 4 is 5.97 Å². The number of fused-ring (bicyclic) bond motifs is 1. The number of methoxy groups -OCH3 is 1. The molecule has 1 aliphatic heterocycles. The number of ether oxygens (including phenoxy) is 3. The molecule has 1 aromatic rings. The molecule has 0 aromatic heterocycles. The van der Waals surface area contributed by atoms with Gasteiger partial charge in [-0.3, -0.25) is 4.79 Å². The number of rotatable bonds is 3. The fraction of sp³-hybridized carbons (Fsp3) is 0.364. The van der Waals surface area contributed by atoms with E-state index in [-0.39, 0.29) is 6.79 Å². The Hall–Kier alpha value is -1.79. The van der Waals surface area contributed by atoms with E-state index in [1.54, 1.807) is 18.2 Å². The monoisotopic (exact) mass is 239 g/mol. The number of carbonyl (C=O) groups excluding carboxylic acids is 1. The van der Waals surface area contributed by atoms with Crippen LogP contribution in [0.1, 0.15) is 11.7 Å². The van der Waals surface area contributed by atoms with Crippen LogP contribution in [0.2, 0.25) is 0 Å². The van der Waals surface area contributed by atoms with Crippen molar-refractivity contribution in [3.8, 4) is 11.5 Å². The fourth-order valence-electron chi connectivity index (χ4n) is 1.57. The van der Waals surface area contributed by atoms with Crippen molar-refractivity contribution in [2.45, 2.75) is 12.1 Å². The Morgan fingerprint density at radius 2 is 2.18 bits per heavy atom. The van der Waals surface area contributed by atoms with Gasteiger partial charge in [0.25, 0.3) is 0 Å². The van der Waals surface area contributed by atoms with Crippen molar-refractivity contribution in [3.63, 3.8) is 0 Å². The van der Waals surface area contributed by atoms with E-state index in [0.29, 0.717) is 17.1 Å². The molecule has 6 nitrogen and oxygen atoms in total. The van der Waals surface area contributed by atoms with Crippen LogP contribution in [0.3, 0.4) is 0 Å². The standard InChI is InChI=1S/C11H13NO5/c1-15-11(14)9(12)10(13)6-2-3-7-8(4-6)17-5-16-7/h2-4,9-10,13H,5,12H2,1H3/t9-,10-/m1/s1. The molecule has 0 fully saturated rings. The Balaban J connectivity index is 2.19. The summed E-state index contributed by atoms with van der Waals surface area (Å²) in [5.41, 5.74) is 6.03. The molecule has 1 aromatic carbocycles. The van der Waals surface area contributed by atoms with Crippen molar-refractivity contribution in [2.75, 3.05) is 13.9 Å². The second kappa shape index (κ2) is 4.60. The highest BCUT2D eigenvalue weighted by atomic mass is 16.7. The van der Waals surface area contributed by atoms with Gasteiger partial charge in [-0.25, -0.2) is 0 Å². The van der Waals surface area contributed by atoms with Gasteiger partial charge in [0.05, 0.1) is 7.11 Å². The maximum absolute atomic E-state index is 11.2. The van der Waals surface area contributed by atoms with Gasteiger partial charge in [-0.05, 0) is 17.7 Å². The quantitative estimate of drug-likeness (QED) is 0.718. The molecule has 0 aliphatic carbocycles. The van der Waals surface area contributed by atoms with E-state index >= 15 is 0 Å². The summed E-state index contributed by atoms with van der Waals surface area (Å²) in [7, 11) is 1.22. The molecule has 6 heteroatoms. The number of hydrogen-bond acceptors (Lipinski definition) is 6. The van der Waals surface area contributed by atoms with E-state index in [2.05, 4.69) is 4.74 Å². The van der Waals surface area contributed by atoms with Gasteiger partial charge in [0.15, 0.2) is 11.5 Å². The van der Waals surface area contributed by atoms with Crippen LogP contribution in [0.15, 0.2) is 18.2 Å².